The highest BCUT2D eigenvalue weighted by Gasteiger charge is 2.02. The predicted molar refractivity (Wildman–Crippen MR) is 45.7 cm³/mol. The highest BCUT2D eigenvalue weighted by atomic mass is 79.9. The molecule has 0 saturated heterocycles. The van der Waals surface area contributed by atoms with Crippen molar-refractivity contribution in [1.82, 2.24) is 14.6 Å². The zero-order chi connectivity index (χ0) is 7.84. The van der Waals surface area contributed by atoms with Crippen LogP contribution in [-0.4, -0.2) is 14.6 Å². The quantitative estimate of drug-likeness (QED) is 0.652. The molecule has 0 spiro atoms. The van der Waals surface area contributed by atoms with E-state index in [2.05, 4.69) is 26.0 Å². The number of hydrogen-bond donors (Lipinski definition) is 0. The van der Waals surface area contributed by atoms with Crippen LogP contribution in [0.4, 0.5) is 0 Å². The molecule has 0 amide bonds. The smallest absolute Gasteiger partial charge is 0.171 e. The summed E-state index contributed by atoms with van der Waals surface area (Å²) in [5, 5.41) is 4.48. The Balaban J connectivity index is 2.96. The van der Waals surface area contributed by atoms with E-state index in [-0.39, 0.29) is 0 Å². The van der Waals surface area contributed by atoms with Crippen molar-refractivity contribution in [1.29, 1.82) is 0 Å². The third kappa shape index (κ3) is 1.02. The van der Waals surface area contributed by atoms with Gasteiger partial charge in [0.05, 0.1) is 4.47 Å². The average molecular weight is 232 g/mol. The van der Waals surface area contributed by atoms with Crippen LogP contribution in [0.1, 0.15) is 0 Å². The van der Waals surface area contributed by atoms with Crippen LogP contribution in [0.25, 0.3) is 5.65 Å². The highest BCUT2D eigenvalue weighted by molar-refractivity contribution is 9.10. The van der Waals surface area contributed by atoms with E-state index in [0.29, 0.717) is 5.15 Å². The van der Waals surface area contributed by atoms with Gasteiger partial charge in [0.15, 0.2) is 5.65 Å². The molecule has 0 aliphatic heterocycles. The fourth-order valence-electron chi connectivity index (χ4n) is 0.848. The van der Waals surface area contributed by atoms with Crippen molar-refractivity contribution in [2.24, 2.45) is 0 Å². The second kappa shape index (κ2) is 2.46. The number of hydrogen-bond acceptors (Lipinski definition) is 2. The van der Waals surface area contributed by atoms with Crippen LogP contribution in [0.2, 0.25) is 5.15 Å². The Morgan fingerprint density at radius 1 is 1.45 bits per heavy atom. The molecular formula is C6H3BrClN3. The number of aromatic nitrogens is 3. The number of halogens is 2. The lowest BCUT2D eigenvalue weighted by Crippen LogP contribution is -1.88. The molecule has 56 valence electrons. The zero-order valence-electron chi connectivity index (χ0n) is 5.33. The molecule has 0 radical (unpaired) electrons. The summed E-state index contributed by atoms with van der Waals surface area (Å²) < 4.78 is 2.45. The van der Waals surface area contributed by atoms with E-state index in [1.54, 1.807) is 10.6 Å². The average Bonchev–Trinajstić information content (AvgIpc) is 2.45. The van der Waals surface area contributed by atoms with E-state index in [1.165, 1.54) is 6.33 Å². The fraction of sp³-hybridized carbons (Fsp3) is 0. The van der Waals surface area contributed by atoms with Gasteiger partial charge in [-0.15, -0.1) is 0 Å². The third-order valence-electron chi connectivity index (χ3n) is 1.33. The van der Waals surface area contributed by atoms with Gasteiger partial charge in [0, 0.05) is 0 Å². The summed E-state index contributed by atoms with van der Waals surface area (Å²) in [6.07, 6.45) is 1.46. The normalized spacial score (nSPS) is 10.7. The van der Waals surface area contributed by atoms with Gasteiger partial charge >= 0.3 is 0 Å². The standard InChI is InChI=1S/C6H3BrClN3/c7-4-1-2-5(8)11-6(4)9-3-10-11/h1-3H. The van der Waals surface area contributed by atoms with Crippen LogP contribution in [0.3, 0.4) is 0 Å². The maximum Gasteiger partial charge on any atom is 0.171 e. The van der Waals surface area contributed by atoms with E-state index in [4.69, 9.17) is 11.6 Å². The van der Waals surface area contributed by atoms with E-state index in [0.717, 1.165) is 10.1 Å². The first-order valence-electron chi connectivity index (χ1n) is 2.93. The monoisotopic (exact) mass is 231 g/mol. The van der Waals surface area contributed by atoms with Gasteiger partial charge in [-0.1, -0.05) is 11.6 Å². The van der Waals surface area contributed by atoms with Crippen molar-refractivity contribution >= 4 is 33.2 Å². The van der Waals surface area contributed by atoms with Crippen molar-refractivity contribution in [3.8, 4) is 0 Å². The maximum atomic E-state index is 5.81. The number of nitrogens with zero attached hydrogens (tertiary/aromatic N) is 3. The third-order valence-corrected chi connectivity index (χ3v) is 2.24. The van der Waals surface area contributed by atoms with Gasteiger partial charge < -0.3 is 0 Å². The molecule has 2 rings (SSSR count). The van der Waals surface area contributed by atoms with Crippen LogP contribution < -0.4 is 0 Å². The van der Waals surface area contributed by atoms with Crippen LogP contribution in [-0.2, 0) is 0 Å². The maximum absolute atomic E-state index is 5.81. The molecule has 2 aromatic rings. The molecule has 0 bridgehead atoms. The molecule has 0 atom stereocenters. The van der Waals surface area contributed by atoms with E-state index in [9.17, 15) is 0 Å². The summed E-state index contributed by atoms with van der Waals surface area (Å²) >= 11 is 9.14. The van der Waals surface area contributed by atoms with E-state index in [1.807, 2.05) is 6.07 Å². The first-order chi connectivity index (χ1) is 5.29. The molecule has 0 aromatic carbocycles. The molecule has 0 N–H and O–H groups in total. The van der Waals surface area contributed by atoms with E-state index < -0.39 is 0 Å². The van der Waals surface area contributed by atoms with Gasteiger partial charge in [0.1, 0.15) is 11.5 Å². The van der Waals surface area contributed by atoms with Crippen molar-refractivity contribution in [3.05, 3.63) is 28.1 Å². The summed E-state index contributed by atoms with van der Waals surface area (Å²) in [4.78, 5) is 4.00. The van der Waals surface area contributed by atoms with Gasteiger partial charge in [-0.05, 0) is 28.1 Å². The predicted octanol–water partition coefficient (Wildman–Crippen LogP) is 2.15. The lowest BCUT2D eigenvalue weighted by molar-refractivity contribution is 0.959. The van der Waals surface area contributed by atoms with Gasteiger partial charge in [-0.3, -0.25) is 0 Å². The molecule has 11 heavy (non-hydrogen) atoms. The molecular weight excluding hydrogens is 229 g/mol. The Hall–Kier alpha value is -0.610. The van der Waals surface area contributed by atoms with Gasteiger partial charge in [0.2, 0.25) is 0 Å². The Morgan fingerprint density at radius 2 is 2.27 bits per heavy atom. The summed E-state index contributed by atoms with van der Waals surface area (Å²) in [6, 6.07) is 3.60. The number of fused-ring (bicyclic) bond motifs is 1. The van der Waals surface area contributed by atoms with Crippen LogP contribution in [0.5, 0.6) is 0 Å². The van der Waals surface area contributed by atoms with Crippen LogP contribution in [0.15, 0.2) is 22.9 Å². The summed E-state index contributed by atoms with van der Waals surface area (Å²) in [7, 11) is 0. The largest absolute Gasteiger partial charge is 0.214 e. The first kappa shape index (κ1) is 7.06. The highest BCUT2D eigenvalue weighted by Crippen LogP contribution is 2.18. The SMILES string of the molecule is Clc1ccc(Br)c2ncnn12. The summed E-state index contributed by atoms with van der Waals surface area (Å²) in [6.45, 7) is 0. The molecule has 0 fully saturated rings. The molecule has 0 aliphatic rings. The molecule has 3 nitrogen and oxygen atoms in total. The topological polar surface area (TPSA) is 30.2 Å². The first-order valence-corrected chi connectivity index (χ1v) is 4.10. The van der Waals surface area contributed by atoms with E-state index >= 15 is 0 Å². The number of rotatable bonds is 0. The molecule has 0 unspecified atom stereocenters. The molecule has 2 heterocycles. The fourth-order valence-corrected chi connectivity index (χ4v) is 1.44. The van der Waals surface area contributed by atoms with Crippen LogP contribution in [0, 0.1) is 0 Å². The van der Waals surface area contributed by atoms with Crippen LogP contribution >= 0.6 is 27.5 Å². The number of pyridine rings is 1. The minimum atomic E-state index is 0.556. The van der Waals surface area contributed by atoms with Gasteiger partial charge in [-0.2, -0.15) is 5.10 Å². The van der Waals surface area contributed by atoms with Crippen molar-refractivity contribution in [2.75, 3.05) is 0 Å². The molecule has 5 heteroatoms. The second-order valence-electron chi connectivity index (χ2n) is 2.00. The second-order valence-corrected chi connectivity index (χ2v) is 3.24. The molecule has 2 aromatic heterocycles. The minimum absolute atomic E-state index is 0.556. The zero-order valence-corrected chi connectivity index (χ0v) is 7.67. The summed E-state index contributed by atoms with van der Waals surface area (Å²) in [5.74, 6) is 0. The molecule has 0 aliphatic carbocycles. The summed E-state index contributed by atoms with van der Waals surface area (Å²) in [5.41, 5.74) is 0.734. The Morgan fingerprint density at radius 3 is 3.00 bits per heavy atom. The van der Waals surface area contributed by atoms with Crippen molar-refractivity contribution in [2.45, 2.75) is 0 Å². The van der Waals surface area contributed by atoms with Gasteiger partial charge in [0.25, 0.3) is 0 Å². The minimum Gasteiger partial charge on any atom is -0.214 e. The Bertz CT molecular complexity index is 362. The Kier molecular flexibility index (Phi) is 1.58. The lowest BCUT2D eigenvalue weighted by atomic mass is 10.5. The van der Waals surface area contributed by atoms with Gasteiger partial charge in [-0.25, -0.2) is 9.50 Å². The Labute approximate surface area is 76.1 Å². The lowest BCUT2D eigenvalue weighted by Gasteiger charge is -1.95. The van der Waals surface area contributed by atoms with Crippen molar-refractivity contribution < 1.29 is 0 Å². The van der Waals surface area contributed by atoms with Crippen molar-refractivity contribution in [3.63, 3.8) is 0 Å². The molecule has 0 saturated carbocycles.